The number of aromatic nitrogens is 1. The van der Waals surface area contributed by atoms with Gasteiger partial charge in [-0.3, -0.25) is 4.98 Å². The van der Waals surface area contributed by atoms with Crippen molar-refractivity contribution < 1.29 is 18.3 Å². The van der Waals surface area contributed by atoms with Gasteiger partial charge in [0.15, 0.2) is 0 Å². The fourth-order valence-corrected chi connectivity index (χ4v) is 2.61. The van der Waals surface area contributed by atoms with Gasteiger partial charge in [-0.1, -0.05) is 15.9 Å². The Morgan fingerprint density at radius 2 is 2.24 bits per heavy atom. The summed E-state index contributed by atoms with van der Waals surface area (Å²) in [5.74, 6) is -0.801. The summed E-state index contributed by atoms with van der Waals surface area (Å²) in [6.07, 6.45) is -1.53. The van der Waals surface area contributed by atoms with E-state index in [9.17, 15) is 13.6 Å². The zero-order valence-corrected chi connectivity index (χ0v) is 12.0. The highest BCUT2D eigenvalue weighted by atomic mass is 79.9. The molecule has 0 N–H and O–H groups in total. The van der Waals surface area contributed by atoms with Gasteiger partial charge in [-0.05, 0) is 28.4 Å². The van der Waals surface area contributed by atoms with E-state index in [0.29, 0.717) is 10.9 Å². The lowest BCUT2D eigenvalue weighted by atomic mass is 10.1. The molecule has 0 aliphatic carbocycles. The summed E-state index contributed by atoms with van der Waals surface area (Å²) in [5.41, 5.74) is -0.170. The Bertz CT molecular complexity index is 427. The number of halogens is 4. The first kappa shape index (κ1) is 14.5. The van der Waals surface area contributed by atoms with E-state index in [1.54, 1.807) is 6.92 Å². The van der Waals surface area contributed by atoms with Crippen LogP contribution in [-0.2, 0) is 10.1 Å². The van der Waals surface area contributed by atoms with Crippen LogP contribution in [0.3, 0.4) is 0 Å². The molecule has 3 nitrogen and oxygen atoms in total. The van der Waals surface area contributed by atoms with Crippen LogP contribution in [0.5, 0.6) is 0 Å². The second kappa shape index (κ2) is 6.39. The van der Waals surface area contributed by atoms with Gasteiger partial charge in [0.05, 0.1) is 6.61 Å². The van der Waals surface area contributed by atoms with E-state index in [2.05, 4.69) is 36.8 Å². The van der Waals surface area contributed by atoms with Crippen LogP contribution in [0.2, 0.25) is 0 Å². The van der Waals surface area contributed by atoms with E-state index in [1.165, 1.54) is 6.20 Å². The summed E-state index contributed by atoms with van der Waals surface area (Å²) in [6.45, 7) is 1.72. The Morgan fingerprint density at radius 3 is 2.71 bits per heavy atom. The minimum absolute atomic E-state index is 0.118. The predicted octanol–water partition coefficient (Wildman–Crippen LogP) is 3.85. The standard InChI is InChI=1S/C10H9Br2F2NO2/c1-2-17-10(16)6-7(12)5(3-11)4-15-8(6)9(13)14/h4,9H,2-3H2,1H3. The lowest BCUT2D eigenvalue weighted by Gasteiger charge is -2.11. The molecule has 0 bridgehead atoms. The van der Waals surface area contributed by atoms with Gasteiger partial charge in [-0.15, -0.1) is 0 Å². The van der Waals surface area contributed by atoms with Gasteiger partial charge in [0, 0.05) is 16.0 Å². The molecule has 7 heteroatoms. The number of carbonyl (C=O) groups excluding carboxylic acids is 1. The molecular weight excluding hydrogens is 364 g/mol. The lowest BCUT2D eigenvalue weighted by molar-refractivity contribution is 0.0512. The molecule has 0 unspecified atom stereocenters. The third kappa shape index (κ3) is 3.22. The molecule has 0 atom stereocenters. The summed E-state index contributed by atoms with van der Waals surface area (Å²) in [7, 11) is 0. The SMILES string of the molecule is CCOC(=O)c1c(C(F)F)ncc(CBr)c1Br. The molecule has 0 amide bonds. The first-order valence-corrected chi connectivity index (χ1v) is 6.62. The highest BCUT2D eigenvalue weighted by Crippen LogP contribution is 2.31. The molecule has 0 spiro atoms. The quantitative estimate of drug-likeness (QED) is 0.595. The monoisotopic (exact) mass is 371 g/mol. The van der Waals surface area contributed by atoms with Crippen LogP contribution in [-0.4, -0.2) is 17.6 Å². The van der Waals surface area contributed by atoms with E-state index < -0.39 is 18.1 Å². The topological polar surface area (TPSA) is 39.2 Å². The largest absolute Gasteiger partial charge is 0.462 e. The molecule has 1 heterocycles. The van der Waals surface area contributed by atoms with Crippen LogP contribution < -0.4 is 0 Å². The number of carbonyl (C=O) groups is 1. The normalized spacial score (nSPS) is 10.7. The molecule has 0 radical (unpaired) electrons. The molecule has 0 fully saturated rings. The molecule has 1 aromatic heterocycles. The Labute approximate surface area is 114 Å². The molecule has 1 aromatic rings. The van der Waals surface area contributed by atoms with Crippen LogP contribution in [0.1, 0.15) is 35.0 Å². The van der Waals surface area contributed by atoms with E-state index in [-0.39, 0.29) is 16.6 Å². The van der Waals surface area contributed by atoms with Gasteiger partial charge in [-0.2, -0.15) is 0 Å². The van der Waals surface area contributed by atoms with E-state index in [0.717, 1.165) is 0 Å². The molecule has 0 aliphatic rings. The average Bonchev–Trinajstić information content (AvgIpc) is 2.28. The van der Waals surface area contributed by atoms with Crippen molar-refractivity contribution in [1.29, 1.82) is 0 Å². The molecule has 0 aliphatic heterocycles. The number of esters is 1. The van der Waals surface area contributed by atoms with E-state index in [1.807, 2.05) is 0 Å². The molecule has 0 saturated heterocycles. The zero-order chi connectivity index (χ0) is 13.0. The number of nitrogens with zero attached hydrogens (tertiary/aromatic N) is 1. The first-order valence-electron chi connectivity index (χ1n) is 4.71. The Kier molecular flexibility index (Phi) is 5.45. The van der Waals surface area contributed by atoms with E-state index in [4.69, 9.17) is 4.74 Å². The lowest BCUT2D eigenvalue weighted by Crippen LogP contribution is -2.12. The highest BCUT2D eigenvalue weighted by Gasteiger charge is 2.25. The summed E-state index contributed by atoms with van der Waals surface area (Å²) >= 11 is 6.31. The van der Waals surface area contributed by atoms with Crippen molar-refractivity contribution in [3.05, 3.63) is 27.5 Å². The maximum absolute atomic E-state index is 12.7. The molecule has 0 saturated carbocycles. The number of hydrogen-bond donors (Lipinski definition) is 0. The molecule has 94 valence electrons. The van der Waals surface area contributed by atoms with Crippen LogP contribution >= 0.6 is 31.9 Å². The van der Waals surface area contributed by atoms with Gasteiger partial charge in [0.1, 0.15) is 11.3 Å². The van der Waals surface area contributed by atoms with Crippen molar-refractivity contribution in [2.45, 2.75) is 18.7 Å². The number of rotatable bonds is 4. The Hall–Kier alpha value is -0.560. The Balaban J connectivity index is 3.34. The minimum atomic E-state index is -2.82. The smallest absolute Gasteiger partial charge is 0.341 e. The van der Waals surface area contributed by atoms with Crippen LogP contribution in [0.25, 0.3) is 0 Å². The zero-order valence-electron chi connectivity index (χ0n) is 8.84. The number of alkyl halides is 3. The minimum Gasteiger partial charge on any atom is -0.462 e. The number of ether oxygens (including phenoxy) is 1. The van der Waals surface area contributed by atoms with Crippen molar-refractivity contribution in [2.24, 2.45) is 0 Å². The molecular formula is C10H9Br2F2NO2. The fourth-order valence-electron chi connectivity index (χ4n) is 1.20. The first-order chi connectivity index (χ1) is 8.02. The van der Waals surface area contributed by atoms with Gasteiger partial charge in [0.25, 0.3) is 6.43 Å². The maximum Gasteiger partial charge on any atom is 0.341 e. The number of pyridine rings is 1. The second-order valence-corrected chi connectivity index (χ2v) is 4.37. The Morgan fingerprint density at radius 1 is 1.59 bits per heavy atom. The van der Waals surface area contributed by atoms with Gasteiger partial charge < -0.3 is 4.74 Å². The van der Waals surface area contributed by atoms with Crippen molar-refractivity contribution in [2.75, 3.05) is 6.61 Å². The summed E-state index contributed by atoms with van der Waals surface area (Å²) in [4.78, 5) is 15.2. The maximum atomic E-state index is 12.7. The predicted molar refractivity (Wildman–Crippen MR) is 65.5 cm³/mol. The van der Waals surface area contributed by atoms with E-state index >= 15 is 0 Å². The van der Waals surface area contributed by atoms with Crippen molar-refractivity contribution >= 4 is 37.8 Å². The van der Waals surface area contributed by atoms with Gasteiger partial charge >= 0.3 is 5.97 Å². The third-order valence-corrected chi connectivity index (χ3v) is 3.46. The third-order valence-electron chi connectivity index (χ3n) is 1.95. The average molecular weight is 373 g/mol. The molecule has 17 heavy (non-hydrogen) atoms. The van der Waals surface area contributed by atoms with Crippen LogP contribution in [0.4, 0.5) is 8.78 Å². The van der Waals surface area contributed by atoms with Crippen LogP contribution in [0.15, 0.2) is 10.7 Å². The van der Waals surface area contributed by atoms with Crippen molar-refractivity contribution in [3.63, 3.8) is 0 Å². The number of hydrogen-bond acceptors (Lipinski definition) is 3. The molecule has 0 aromatic carbocycles. The van der Waals surface area contributed by atoms with Gasteiger partial charge in [0.2, 0.25) is 0 Å². The van der Waals surface area contributed by atoms with Crippen LogP contribution in [0, 0.1) is 0 Å². The van der Waals surface area contributed by atoms with Gasteiger partial charge in [-0.25, -0.2) is 13.6 Å². The summed E-state index contributed by atoms with van der Waals surface area (Å²) in [5, 5.41) is 0.399. The second-order valence-electron chi connectivity index (χ2n) is 3.01. The molecule has 1 rings (SSSR count). The summed E-state index contributed by atoms with van der Waals surface area (Å²) in [6, 6.07) is 0. The fraction of sp³-hybridized carbons (Fsp3) is 0.400. The van der Waals surface area contributed by atoms with Crippen molar-refractivity contribution in [3.8, 4) is 0 Å². The summed E-state index contributed by atoms with van der Waals surface area (Å²) < 4.78 is 30.5. The van der Waals surface area contributed by atoms with Crippen molar-refractivity contribution in [1.82, 2.24) is 4.98 Å². The highest BCUT2D eigenvalue weighted by molar-refractivity contribution is 9.10.